The van der Waals surface area contributed by atoms with E-state index in [-0.39, 0.29) is 5.91 Å². The number of hydrogen-bond acceptors (Lipinski definition) is 4. The second-order valence-electron chi connectivity index (χ2n) is 4.28. The lowest BCUT2D eigenvalue weighted by Gasteiger charge is -2.11. The third kappa shape index (κ3) is 4.18. The number of carbonyl (C=O) groups is 1. The van der Waals surface area contributed by atoms with E-state index >= 15 is 0 Å². The van der Waals surface area contributed by atoms with Crippen molar-refractivity contribution in [2.45, 2.75) is 25.4 Å². The molecule has 0 spiro atoms. The summed E-state index contributed by atoms with van der Waals surface area (Å²) >= 11 is 0. The number of carbonyl (C=O) groups excluding carboxylic acids is 1. The molecule has 0 aliphatic carbocycles. The number of aromatic amines is 1. The molecule has 100 valence electrons. The average molecular weight is 259 g/mol. The zero-order valence-electron chi connectivity index (χ0n) is 10.5. The number of rotatable bonds is 6. The Balaban J connectivity index is 1.73. The van der Waals surface area contributed by atoms with Crippen LogP contribution < -0.4 is 11.1 Å². The van der Waals surface area contributed by atoms with Gasteiger partial charge in [-0.2, -0.15) is 5.10 Å². The summed E-state index contributed by atoms with van der Waals surface area (Å²) in [4.78, 5) is 15.7. The van der Waals surface area contributed by atoms with Gasteiger partial charge in [0.2, 0.25) is 5.91 Å². The van der Waals surface area contributed by atoms with Crippen LogP contribution in [0.5, 0.6) is 0 Å². The maximum atomic E-state index is 11.8. The van der Waals surface area contributed by atoms with Gasteiger partial charge in [0.05, 0.1) is 12.6 Å². The van der Waals surface area contributed by atoms with E-state index in [1.165, 1.54) is 11.9 Å². The molecule has 0 saturated heterocycles. The third-order valence-electron chi connectivity index (χ3n) is 2.82. The molecule has 1 aromatic heterocycles. The van der Waals surface area contributed by atoms with Gasteiger partial charge in [0.25, 0.3) is 0 Å². The summed E-state index contributed by atoms with van der Waals surface area (Å²) in [6, 6.07) is 9.46. The lowest BCUT2D eigenvalue weighted by molar-refractivity contribution is -0.122. The maximum absolute atomic E-state index is 11.8. The first-order valence-electron chi connectivity index (χ1n) is 6.17. The van der Waals surface area contributed by atoms with E-state index in [0.29, 0.717) is 18.8 Å². The van der Waals surface area contributed by atoms with Crippen molar-refractivity contribution in [3.63, 3.8) is 0 Å². The predicted molar refractivity (Wildman–Crippen MR) is 71.0 cm³/mol. The number of amides is 1. The lowest BCUT2D eigenvalue weighted by Crippen LogP contribution is -2.40. The Labute approximate surface area is 111 Å². The predicted octanol–water partition coefficient (Wildman–Crippen LogP) is 0.381. The monoisotopic (exact) mass is 259 g/mol. The summed E-state index contributed by atoms with van der Waals surface area (Å²) in [5.74, 6) is 0.441. The van der Waals surface area contributed by atoms with Gasteiger partial charge in [-0.05, 0) is 18.4 Å². The highest BCUT2D eigenvalue weighted by Gasteiger charge is 2.13. The summed E-state index contributed by atoms with van der Waals surface area (Å²) in [6.07, 6.45) is 2.81. The molecular formula is C13H17N5O. The molecule has 0 saturated carbocycles. The summed E-state index contributed by atoms with van der Waals surface area (Å²) in [5, 5.41) is 9.10. The maximum Gasteiger partial charge on any atom is 0.237 e. The molecule has 0 fully saturated rings. The number of aromatic nitrogens is 3. The van der Waals surface area contributed by atoms with E-state index in [4.69, 9.17) is 5.73 Å². The van der Waals surface area contributed by atoms with Crippen molar-refractivity contribution in [2.24, 2.45) is 5.73 Å². The molecule has 0 aliphatic heterocycles. The first kappa shape index (κ1) is 13.2. The quantitative estimate of drug-likeness (QED) is 0.698. The van der Waals surface area contributed by atoms with Crippen LogP contribution in [0, 0.1) is 0 Å². The van der Waals surface area contributed by atoms with Gasteiger partial charge < -0.3 is 11.1 Å². The molecule has 1 amide bonds. The van der Waals surface area contributed by atoms with Crippen LogP contribution >= 0.6 is 0 Å². The fourth-order valence-electron chi connectivity index (χ4n) is 1.72. The number of aryl methyl sites for hydroxylation is 1. The van der Waals surface area contributed by atoms with Crippen LogP contribution in [0.2, 0.25) is 0 Å². The molecule has 1 aromatic carbocycles. The molecule has 1 heterocycles. The van der Waals surface area contributed by atoms with Crippen molar-refractivity contribution < 1.29 is 4.79 Å². The highest BCUT2D eigenvalue weighted by atomic mass is 16.2. The average Bonchev–Trinajstić information content (AvgIpc) is 2.96. The molecule has 19 heavy (non-hydrogen) atoms. The van der Waals surface area contributed by atoms with Gasteiger partial charge >= 0.3 is 0 Å². The minimum atomic E-state index is -0.511. The van der Waals surface area contributed by atoms with Gasteiger partial charge in [-0.25, -0.2) is 4.98 Å². The molecule has 2 aromatic rings. The molecule has 1 atom stereocenters. The highest BCUT2D eigenvalue weighted by Crippen LogP contribution is 2.04. The first-order valence-corrected chi connectivity index (χ1v) is 6.17. The SMILES string of the molecule is NC(CCc1ccccc1)C(=O)NCc1ncn[nH]1. The van der Waals surface area contributed by atoms with E-state index in [1.54, 1.807) is 0 Å². The summed E-state index contributed by atoms with van der Waals surface area (Å²) in [5.41, 5.74) is 7.03. The molecule has 4 N–H and O–H groups in total. The van der Waals surface area contributed by atoms with Gasteiger partial charge in [-0.15, -0.1) is 0 Å². The Hall–Kier alpha value is -2.21. The summed E-state index contributed by atoms with van der Waals surface area (Å²) < 4.78 is 0. The summed E-state index contributed by atoms with van der Waals surface area (Å²) in [7, 11) is 0. The third-order valence-corrected chi connectivity index (χ3v) is 2.82. The van der Waals surface area contributed by atoms with Crippen molar-refractivity contribution in [1.29, 1.82) is 0 Å². The van der Waals surface area contributed by atoms with Gasteiger partial charge in [0, 0.05) is 0 Å². The van der Waals surface area contributed by atoms with Gasteiger partial charge in [0.15, 0.2) is 0 Å². The largest absolute Gasteiger partial charge is 0.347 e. The minimum absolute atomic E-state index is 0.174. The van der Waals surface area contributed by atoms with E-state index in [0.717, 1.165) is 6.42 Å². The highest BCUT2D eigenvalue weighted by molar-refractivity contribution is 5.81. The molecule has 1 unspecified atom stereocenters. The zero-order chi connectivity index (χ0) is 13.5. The fourth-order valence-corrected chi connectivity index (χ4v) is 1.72. The van der Waals surface area contributed by atoms with Crippen LogP contribution in [0.25, 0.3) is 0 Å². The van der Waals surface area contributed by atoms with Crippen LogP contribution in [0.15, 0.2) is 36.7 Å². The van der Waals surface area contributed by atoms with Gasteiger partial charge in [-0.3, -0.25) is 9.89 Å². The first-order chi connectivity index (χ1) is 9.25. The number of nitrogens with zero attached hydrogens (tertiary/aromatic N) is 2. The Morgan fingerprint density at radius 2 is 2.16 bits per heavy atom. The van der Waals surface area contributed by atoms with Crippen LogP contribution in [0.4, 0.5) is 0 Å². The number of hydrogen-bond donors (Lipinski definition) is 3. The topological polar surface area (TPSA) is 96.7 Å². The fraction of sp³-hybridized carbons (Fsp3) is 0.308. The standard InChI is InChI=1S/C13H17N5O/c14-11(7-6-10-4-2-1-3-5-10)13(19)15-8-12-16-9-17-18-12/h1-5,9,11H,6-8,14H2,(H,15,19)(H,16,17,18). The zero-order valence-corrected chi connectivity index (χ0v) is 10.5. The normalized spacial score (nSPS) is 12.1. The molecule has 0 aliphatic rings. The molecular weight excluding hydrogens is 242 g/mol. The molecule has 2 rings (SSSR count). The second-order valence-corrected chi connectivity index (χ2v) is 4.28. The second kappa shape index (κ2) is 6.65. The van der Waals surface area contributed by atoms with Crippen LogP contribution in [-0.2, 0) is 17.8 Å². The minimum Gasteiger partial charge on any atom is -0.347 e. The van der Waals surface area contributed by atoms with Gasteiger partial charge in [0.1, 0.15) is 12.2 Å². The molecule has 0 radical (unpaired) electrons. The number of benzene rings is 1. The van der Waals surface area contributed by atoms with Crippen molar-refractivity contribution in [3.05, 3.63) is 48.0 Å². The lowest BCUT2D eigenvalue weighted by atomic mass is 10.1. The van der Waals surface area contributed by atoms with E-state index in [1.807, 2.05) is 30.3 Å². The van der Waals surface area contributed by atoms with E-state index in [2.05, 4.69) is 20.5 Å². The molecule has 0 bridgehead atoms. The van der Waals surface area contributed by atoms with Crippen LogP contribution in [0.1, 0.15) is 17.8 Å². The Bertz CT molecular complexity index is 497. The molecule has 6 nitrogen and oxygen atoms in total. The summed E-state index contributed by atoms with van der Waals surface area (Å²) in [6.45, 7) is 0.317. The van der Waals surface area contributed by atoms with Crippen LogP contribution in [-0.4, -0.2) is 27.1 Å². The smallest absolute Gasteiger partial charge is 0.237 e. The van der Waals surface area contributed by atoms with Crippen molar-refractivity contribution in [3.8, 4) is 0 Å². The Kier molecular flexibility index (Phi) is 4.63. The van der Waals surface area contributed by atoms with Gasteiger partial charge in [-0.1, -0.05) is 30.3 Å². The number of H-pyrrole nitrogens is 1. The van der Waals surface area contributed by atoms with E-state index in [9.17, 15) is 4.79 Å². The van der Waals surface area contributed by atoms with E-state index < -0.39 is 6.04 Å². The van der Waals surface area contributed by atoms with Crippen molar-refractivity contribution in [2.75, 3.05) is 0 Å². The molecule has 6 heteroatoms. The van der Waals surface area contributed by atoms with Crippen molar-refractivity contribution in [1.82, 2.24) is 20.5 Å². The Morgan fingerprint density at radius 1 is 1.37 bits per heavy atom. The van der Waals surface area contributed by atoms with Crippen molar-refractivity contribution >= 4 is 5.91 Å². The number of nitrogens with one attached hydrogen (secondary N) is 2. The number of nitrogens with two attached hydrogens (primary N) is 1. The Morgan fingerprint density at radius 3 is 2.84 bits per heavy atom. The van der Waals surface area contributed by atoms with Crippen LogP contribution in [0.3, 0.4) is 0 Å².